The zero-order chi connectivity index (χ0) is 23.4. The molecule has 0 aliphatic rings. The molecule has 0 unspecified atom stereocenters. The van der Waals surface area contributed by atoms with Gasteiger partial charge in [-0.1, -0.05) is 42.5 Å². The molecule has 1 aromatic heterocycles. The summed E-state index contributed by atoms with van der Waals surface area (Å²) in [5.74, 6) is 0.232. The average Bonchev–Trinajstić information content (AvgIpc) is 3.24. The van der Waals surface area contributed by atoms with Gasteiger partial charge in [0.25, 0.3) is 11.8 Å². The molecule has 7 heteroatoms. The highest BCUT2D eigenvalue weighted by Crippen LogP contribution is 2.22. The Balaban J connectivity index is 1.48. The van der Waals surface area contributed by atoms with E-state index in [9.17, 15) is 9.59 Å². The quantitative estimate of drug-likeness (QED) is 0.454. The summed E-state index contributed by atoms with van der Waals surface area (Å²) in [4.78, 5) is 27.0. The Labute approximate surface area is 192 Å². The van der Waals surface area contributed by atoms with E-state index >= 15 is 0 Å². The molecule has 1 heterocycles. The topological polar surface area (TPSA) is 76.5 Å². The first-order chi connectivity index (χ1) is 16.0. The van der Waals surface area contributed by atoms with Gasteiger partial charge in [-0.25, -0.2) is 0 Å². The predicted molar refractivity (Wildman–Crippen MR) is 129 cm³/mol. The minimum absolute atomic E-state index is 0.220. The second-order valence-corrected chi connectivity index (χ2v) is 7.87. The average molecular weight is 443 g/mol. The highest BCUT2D eigenvalue weighted by atomic mass is 16.5. The standard InChI is InChI=1S/C26H26N4O3/c1-4-30-24(26(32)29(2)3)23(16-27-30)28-25(31)21-11-7-8-18(14-21)17-33-22-13-12-19-9-5-6-10-20(19)15-22/h5-16H,4,17H2,1-3H3,(H,28,31). The third-order valence-corrected chi connectivity index (χ3v) is 5.31. The summed E-state index contributed by atoms with van der Waals surface area (Å²) in [6.45, 7) is 2.74. The van der Waals surface area contributed by atoms with Crippen molar-refractivity contribution in [1.29, 1.82) is 0 Å². The summed E-state index contributed by atoms with van der Waals surface area (Å²) in [6.07, 6.45) is 1.50. The fraction of sp³-hybridized carbons (Fsp3) is 0.192. The van der Waals surface area contributed by atoms with E-state index in [-0.39, 0.29) is 11.8 Å². The molecule has 0 atom stereocenters. The second kappa shape index (κ2) is 9.56. The number of nitrogens with zero attached hydrogens (tertiary/aromatic N) is 3. The fourth-order valence-corrected chi connectivity index (χ4v) is 3.57. The van der Waals surface area contributed by atoms with Crippen LogP contribution in [0.4, 0.5) is 5.69 Å². The molecule has 2 amide bonds. The van der Waals surface area contributed by atoms with Crippen molar-refractivity contribution in [1.82, 2.24) is 14.7 Å². The number of rotatable bonds is 7. The highest BCUT2D eigenvalue weighted by molar-refractivity contribution is 6.08. The van der Waals surface area contributed by atoms with Gasteiger partial charge in [-0.05, 0) is 47.5 Å². The molecule has 33 heavy (non-hydrogen) atoms. The van der Waals surface area contributed by atoms with Crippen molar-refractivity contribution >= 4 is 28.3 Å². The van der Waals surface area contributed by atoms with Crippen LogP contribution in [0.3, 0.4) is 0 Å². The summed E-state index contributed by atoms with van der Waals surface area (Å²) < 4.78 is 7.53. The molecule has 4 rings (SSSR count). The van der Waals surface area contributed by atoms with Gasteiger partial charge in [-0.3, -0.25) is 14.3 Å². The molecule has 1 N–H and O–H groups in total. The monoisotopic (exact) mass is 442 g/mol. The van der Waals surface area contributed by atoms with Crippen LogP contribution in [0.2, 0.25) is 0 Å². The highest BCUT2D eigenvalue weighted by Gasteiger charge is 2.21. The van der Waals surface area contributed by atoms with E-state index < -0.39 is 0 Å². The van der Waals surface area contributed by atoms with Crippen LogP contribution >= 0.6 is 0 Å². The van der Waals surface area contributed by atoms with Gasteiger partial charge in [-0.15, -0.1) is 0 Å². The molecule has 0 aliphatic heterocycles. The Hall–Kier alpha value is -4.13. The third kappa shape index (κ3) is 4.87. The van der Waals surface area contributed by atoms with Crippen LogP contribution in [0.1, 0.15) is 33.3 Å². The molecule has 4 aromatic rings. The molecule has 3 aromatic carbocycles. The normalized spacial score (nSPS) is 10.8. The number of amides is 2. The molecule has 0 saturated carbocycles. The molecular weight excluding hydrogens is 416 g/mol. The Morgan fingerprint density at radius 2 is 1.79 bits per heavy atom. The predicted octanol–water partition coefficient (Wildman–Crippen LogP) is 4.59. The van der Waals surface area contributed by atoms with E-state index in [4.69, 9.17) is 4.74 Å². The first-order valence-electron chi connectivity index (χ1n) is 10.8. The number of ether oxygens (including phenoxy) is 1. The maximum atomic E-state index is 12.9. The molecule has 0 bridgehead atoms. The lowest BCUT2D eigenvalue weighted by molar-refractivity contribution is 0.0816. The van der Waals surface area contributed by atoms with Crippen molar-refractivity contribution in [2.24, 2.45) is 0 Å². The van der Waals surface area contributed by atoms with Crippen molar-refractivity contribution in [3.8, 4) is 5.75 Å². The van der Waals surface area contributed by atoms with E-state index in [1.165, 1.54) is 11.1 Å². The van der Waals surface area contributed by atoms with Gasteiger partial charge in [0, 0.05) is 26.2 Å². The zero-order valence-corrected chi connectivity index (χ0v) is 18.9. The van der Waals surface area contributed by atoms with Crippen molar-refractivity contribution in [3.63, 3.8) is 0 Å². The van der Waals surface area contributed by atoms with E-state index in [2.05, 4.69) is 16.5 Å². The lowest BCUT2D eigenvalue weighted by Crippen LogP contribution is -2.26. The van der Waals surface area contributed by atoms with Crippen LogP contribution in [-0.4, -0.2) is 40.6 Å². The van der Waals surface area contributed by atoms with Crippen LogP contribution in [0.25, 0.3) is 10.8 Å². The van der Waals surface area contributed by atoms with Crippen LogP contribution in [0.15, 0.2) is 72.9 Å². The molecule has 7 nitrogen and oxygen atoms in total. The van der Waals surface area contributed by atoms with E-state index in [1.54, 1.807) is 30.9 Å². The lowest BCUT2D eigenvalue weighted by atomic mass is 10.1. The number of nitrogens with one attached hydrogen (secondary N) is 1. The Morgan fingerprint density at radius 3 is 2.55 bits per heavy atom. The minimum Gasteiger partial charge on any atom is -0.489 e. The van der Waals surface area contributed by atoms with Gasteiger partial charge in [0.2, 0.25) is 0 Å². The van der Waals surface area contributed by atoms with Gasteiger partial charge in [0.1, 0.15) is 18.1 Å². The van der Waals surface area contributed by atoms with Gasteiger partial charge >= 0.3 is 0 Å². The molecule has 0 aliphatic carbocycles. The van der Waals surface area contributed by atoms with Crippen molar-refractivity contribution < 1.29 is 14.3 Å². The van der Waals surface area contributed by atoms with Crippen LogP contribution in [0.5, 0.6) is 5.75 Å². The van der Waals surface area contributed by atoms with Crippen molar-refractivity contribution in [2.45, 2.75) is 20.1 Å². The molecule has 0 radical (unpaired) electrons. The van der Waals surface area contributed by atoms with Gasteiger partial charge in [0.05, 0.1) is 11.9 Å². The van der Waals surface area contributed by atoms with Crippen molar-refractivity contribution in [3.05, 3.63) is 89.7 Å². The maximum Gasteiger partial charge on any atom is 0.273 e. The number of benzene rings is 3. The van der Waals surface area contributed by atoms with Crippen LogP contribution < -0.4 is 10.1 Å². The number of aromatic nitrogens is 2. The van der Waals surface area contributed by atoms with Crippen LogP contribution in [-0.2, 0) is 13.2 Å². The number of carbonyl (C=O) groups excluding carboxylic acids is 2. The minimum atomic E-state index is -0.314. The van der Waals surface area contributed by atoms with Crippen molar-refractivity contribution in [2.75, 3.05) is 19.4 Å². The number of aryl methyl sites for hydroxylation is 1. The number of hydrogen-bond donors (Lipinski definition) is 1. The molecule has 168 valence electrons. The number of fused-ring (bicyclic) bond motifs is 1. The number of anilines is 1. The summed E-state index contributed by atoms with van der Waals surface area (Å²) in [6, 6.07) is 21.3. The first-order valence-corrected chi connectivity index (χ1v) is 10.8. The fourth-order valence-electron chi connectivity index (χ4n) is 3.57. The molecule has 0 spiro atoms. The smallest absolute Gasteiger partial charge is 0.273 e. The summed E-state index contributed by atoms with van der Waals surface area (Å²) in [7, 11) is 3.33. The zero-order valence-electron chi connectivity index (χ0n) is 18.9. The summed E-state index contributed by atoms with van der Waals surface area (Å²) >= 11 is 0. The molecule has 0 fully saturated rings. The van der Waals surface area contributed by atoms with E-state index in [0.717, 1.165) is 22.1 Å². The SMILES string of the molecule is CCn1ncc(NC(=O)c2cccc(COc3ccc4ccccc4c3)c2)c1C(=O)N(C)C. The maximum absolute atomic E-state index is 12.9. The molecule has 0 saturated heterocycles. The van der Waals surface area contributed by atoms with E-state index in [1.807, 2.05) is 55.5 Å². The number of carbonyl (C=O) groups is 2. The Bertz CT molecular complexity index is 1310. The van der Waals surface area contributed by atoms with Gasteiger partial charge in [0.15, 0.2) is 0 Å². The van der Waals surface area contributed by atoms with Crippen LogP contribution in [0, 0.1) is 0 Å². The molecular formula is C26H26N4O3. The van der Waals surface area contributed by atoms with Gasteiger partial charge in [-0.2, -0.15) is 5.10 Å². The lowest BCUT2D eigenvalue weighted by Gasteiger charge is -2.14. The Morgan fingerprint density at radius 1 is 1.00 bits per heavy atom. The first kappa shape index (κ1) is 22.1. The summed E-state index contributed by atoms with van der Waals surface area (Å²) in [5.41, 5.74) is 2.08. The number of hydrogen-bond acceptors (Lipinski definition) is 4. The van der Waals surface area contributed by atoms with E-state index in [0.29, 0.717) is 30.1 Å². The third-order valence-electron chi connectivity index (χ3n) is 5.31. The largest absolute Gasteiger partial charge is 0.489 e. The summed E-state index contributed by atoms with van der Waals surface area (Å²) in [5, 5.41) is 9.31. The Kier molecular flexibility index (Phi) is 6.40. The van der Waals surface area contributed by atoms with Gasteiger partial charge < -0.3 is 15.0 Å². The second-order valence-electron chi connectivity index (χ2n) is 7.87.